The molecule has 116 valence electrons. The molecule has 1 aromatic rings. The van der Waals surface area contributed by atoms with E-state index in [1.54, 1.807) is 0 Å². The van der Waals surface area contributed by atoms with Crippen molar-refractivity contribution in [2.24, 2.45) is 0 Å². The molecule has 1 heterocycles. The van der Waals surface area contributed by atoms with Crippen molar-refractivity contribution in [2.75, 3.05) is 13.6 Å². The van der Waals surface area contributed by atoms with Crippen LogP contribution in [0.2, 0.25) is 0 Å². The number of hydrogen-bond acceptors (Lipinski definition) is 3. The number of aromatic amines is 1. The molecular weight excluding hydrogens is 295 g/mol. The smallest absolute Gasteiger partial charge is 0.363 e. The van der Waals surface area contributed by atoms with E-state index in [2.05, 4.69) is 10.3 Å². The topological polar surface area (TPSA) is 65.2 Å². The minimum Gasteiger partial charge on any atom is -0.363 e. The maximum atomic E-state index is 12.2. The summed E-state index contributed by atoms with van der Waals surface area (Å²) < 4.78 is 60.9. The van der Waals surface area contributed by atoms with E-state index >= 15 is 0 Å². The highest BCUT2D eigenvalue weighted by molar-refractivity contribution is 7.89. The molecule has 1 aromatic heterocycles. The van der Waals surface area contributed by atoms with Gasteiger partial charge in [-0.05, 0) is 6.07 Å². The van der Waals surface area contributed by atoms with Crippen LogP contribution in [0.25, 0.3) is 0 Å². The number of nitrogens with zero attached hydrogens (tertiary/aromatic N) is 1. The van der Waals surface area contributed by atoms with Crippen LogP contribution in [0.4, 0.5) is 13.2 Å². The third-order valence-electron chi connectivity index (χ3n) is 2.53. The van der Waals surface area contributed by atoms with Crippen molar-refractivity contribution in [2.45, 2.75) is 37.5 Å². The van der Waals surface area contributed by atoms with Gasteiger partial charge in [-0.3, -0.25) is 0 Å². The first kappa shape index (κ1) is 17.0. The van der Waals surface area contributed by atoms with Crippen LogP contribution in [-0.2, 0) is 16.6 Å². The summed E-state index contributed by atoms with van der Waals surface area (Å²) in [6, 6.07) is 1.55. The SMILES string of the molecule is CC(C)NCc1cc(S(=O)(=O)N(C)CC(F)(F)F)c[nH]1. The molecule has 5 nitrogen and oxygen atoms in total. The van der Waals surface area contributed by atoms with Crippen LogP contribution in [0, 0.1) is 0 Å². The zero-order valence-corrected chi connectivity index (χ0v) is 12.3. The largest absolute Gasteiger partial charge is 0.402 e. The molecule has 0 atom stereocenters. The Morgan fingerprint density at radius 1 is 1.40 bits per heavy atom. The Morgan fingerprint density at radius 2 is 2.00 bits per heavy atom. The summed E-state index contributed by atoms with van der Waals surface area (Å²) in [7, 11) is -3.23. The minimum atomic E-state index is -4.57. The van der Waals surface area contributed by atoms with E-state index in [1.807, 2.05) is 13.8 Å². The van der Waals surface area contributed by atoms with Gasteiger partial charge >= 0.3 is 6.18 Å². The molecule has 0 radical (unpaired) electrons. The normalized spacial score (nSPS) is 13.4. The number of H-pyrrole nitrogens is 1. The molecule has 9 heteroatoms. The van der Waals surface area contributed by atoms with Gasteiger partial charge in [-0.1, -0.05) is 13.8 Å². The molecule has 1 rings (SSSR count). The average molecular weight is 313 g/mol. The molecule has 0 aliphatic rings. The van der Waals surface area contributed by atoms with Crippen molar-refractivity contribution >= 4 is 10.0 Å². The van der Waals surface area contributed by atoms with Gasteiger partial charge in [0.15, 0.2) is 0 Å². The Morgan fingerprint density at radius 3 is 2.50 bits per heavy atom. The first-order valence-corrected chi connectivity index (χ1v) is 7.40. The first-order chi connectivity index (χ1) is 9.02. The van der Waals surface area contributed by atoms with E-state index in [4.69, 9.17) is 0 Å². The number of rotatable bonds is 6. The molecule has 2 N–H and O–H groups in total. The molecule has 0 spiro atoms. The summed E-state index contributed by atoms with van der Waals surface area (Å²) in [6.45, 7) is 2.76. The van der Waals surface area contributed by atoms with Gasteiger partial charge in [0.2, 0.25) is 10.0 Å². The van der Waals surface area contributed by atoms with Crippen LogP contribution in [0.15, 0.2) is 17.2 Å². The van der Waals surface area contributed by atoms with Gasteiger partial charge in [0.1, 0.15) is 6.54 Å². The number of aromatic nitrogens is 1. The zero-order chi connectivity index (χ0) is 15.6. The highest BCUT2D eigenvalue weighted by Gasteiger charge is 2.35. The second kappa shape index (κ2) is 6.15. The second-order valence-corrected chi connectivity index (χ2v) is 6.82. The van der Waals surface area contributed by atoms with E-state index in [0.29, 0.717) is 12.2 Å². The molecule has 0 amide bonds. The molecule has 0 bridgehead atoms. The number of nitrogens with one attached hydrogen (secondary N) is 2. The van der Waals surface area contributed by atoms with Crippen molar-refractivity contribution in [3.05, 3.63) is 18.0 Å². The predicted molar refractivity (Wildman–Crippen MR) is 68.6 cm³/mol. The van der Waals surface area contributed by atoms with Gasteiger partial charge in [0.25, 0.3) is 0 Å². The van der Waals surface area contributed by atoms with E-state index in [-0.39, 0.29) is 15.2 Å². The zero-order valence-electron chi connectivity index (χ0n) is 11.5. The standard InChI is InChI=1S/C11H18F3N3O2S/c1-8(2)15-5-9-4-10(6-16-9)20(18,19)17(3)7-11(12,13)14/h4,6,8,15-16H,5,7H2,1-3H3. The van der Waals surface area contributed by atoms with E-state index in [9.17, 15) is 21.6 Å². The van der Waals surface area contributed by atoms with Gasteiger partial charge in [-0.15, -0.1) is 0 Å². The third kappa shape index (κ3) is 4.80. The fourth-order valence-corrected chi connectivity index (χ4v) is 2.68. The molecule has 0 aliphatic carbocycles. The molecule has 0 aliphatic heterocycles. The second-order valence-electron chi connectivity index (χ2n) is 4.77. The fourth-order valence-electron chi connectivity index (χ4n) is 1.50. The molecular formula is C11H18F3N3O2S. The molecule has 0 unspecified atom stereocenters. The lowest BCUT2D eigenvalue weighted by Crippen LogP contribution is -2.35. The van der Waals surface area contributed by atoms with Crippen LogP contribution >= 0.6 is 0 Å². The monoisotopic (exact) mass is 313 g/mol. The molecule has 0 saturated heterocycles. The van der Waals surface area contributed by atoms with Crippen molar-refractivity contribution in [1.82, 2.24) is 14.6 Å². The molecule has 0 fully saturated rings. The van der Waals surface area contributed by atoms with Crippen LogP contribution in [-0.4, -0.2) is 43.5 Å². The summed E-state index contributed by atoms with van der Waals surface area (Å²) in [4.78, 5) is 2.56. The lowest BCUT2D eigenvalue weighted by atomic mass is 10.3. The number of alkyl halides is 3. The van der Waals surface area contributed by atoms with Crippen LogP contribution in [0.5, 0.6) is 0 Å². The summed E-state index contributed by atoms with van der Waals surface area (Å²) in [5, 5.41) is 3.07. The van der Waals surface area contributed by atoms with Crippen molar-refractivity contribution in [3.8, 4) is 0 Å². The highest BCUT2D eigenvalue weighted by Crippen LogP contribution is 2.21. The third-order valence-corrected chi connectivity index (χ3v) is 4.31. The summed E-state index contributed by atoms with van der Waals surface area (Å²) in [6.07, 6.45) is -3.38. The average Bonchev–Trinajstić information content (AvgIpc) is 2.72. The van der Waals surface area contributed by atoms with Crippen molar-refractivity contribution < 1.29 is 21.6 Å². The lowest BCUT2D eigenvalue weighted by molar-refractivity contribution is -0.134. The van der Waals surface area contributed by atoms with Gasteiger partial charge in [-0.25, -0.2) is 8.42 Å². The van der Waals surface area contributed by atoms with Crippen molar-refractivity contribution in [1.29, 1.82) is 0 Å². The molecule has 20 heavy (non-hydrogen) atoms. The van der Waals surface area contributed by atoms with E-state index in [1.165, 1.54) is 12.3 Å². The maximum absolute atomic E-state index is 12.2. The summed E-state index contributed by atoms with van der Waals surface area (Å²) in [5.74, 6) is 0. The van der Waals surface area contributed by atoms with Crippen LogP contribution in [0.3, 0.4) is 0 Å². The van der Waals surface area contributed by atoms with Crippen LogP contribution in [0.1, 0.15) is 19.5 Å². The van der Waals surface area contributed by atoms with Gasteiger partial charge in [-0.2, -0.15) is 17.5 Å². The molecule has 0 aromatic carbocycles. The van der Waals surface area contributed by atoms with E-state index in [0.717, 1.165) is 7.05 Å². The Hall–Kier alpha value is -1.06. The Balaban J connectivity index is 2.83. The Bertz CT molecular complexity index is 537. The van der Waals surface area contributed by atoms with E-state index < -0.39 is 22.7 Å². The number of hydrogen-bond donors (Lipinski definition) is 2. The number of halogens is 3. The Kier molecular flexibility index (Phi) is 5.22. The number of sulfonamides is 1. The minimum absolute atomic E-state index is 0.176. The molecule has 0 saturated carbocycles. The van der Waals surface area contributed by atoms with Gasteiger partial charge in [0.05, 0.1) is 4.90 Å². The Labute approximate surface area is 116 Å². The summed E-state index contributed by atoms with van der Waals surface area (Å²) >= 11 is 0. The van der Waals surface area contributed by atoms with Gasteiger partial charge in [0, 0.05) is 31.5 Å². The summed E-state index contributed by atoms with van der Waals surface area (Å²) in [5.41, 5.74) is 0.595. The fraction of sp³-hybridized carbons (Fsp3) is 0.636. The van der Waals surface area contributed by atoms with Crippen LogP contribution < -0.4 is 5.32 Å². The van der Waals surface area contributed by atoms with Crippen molar-refractivity contribution in [3.63, 3.8) is 0 Å². The highest BCUT2D eigenvalue weighted by atomic mass is 32.2. The lowest BCUT2D eigenvalue weighted by Gasteiger charge is -2.17. The predicted octanol–water partition coefficient (Wildman–Crippen LogP) is 1.70. The quantitative estimate of drug-likeness (QED) is 0.840. The van der Waals surface area contributed by atoms with Gasteiger partial charge < -0.3 is 10.3 Å². The first-order valence-electron chi connectivity index (χ1n) is 5.96. The maximum Gasteiger partial charge on any atom is 0.402 e.